The Balaban J connectivity index is 2.10. The van der Waals surface area contributed by atoms with Crippen LogP contribution < -0.4 is 10.0 Å². The minimum Gasteiger partial charge on any atom is -0.353 e. The lowest BCUT2D eigenvalue weighted by atomic mass is 10.4. The van der Waals surface area contributed by atoms with Crippen molar-refractivity contribution in [2.75, 3.05) is 11.2 Å². The van der Waals surface area contributed by atoms with E-state index in [4.69, 9.17) is 0 Å². The molecule has 1 aliphatic carbocycles. The monoisotopic (exact) mass is 284 g/mol. The second-order valence-electron chi connectivity index (χ2n) is 3.21. The number of alkyl halides is 1. The van der Waals surface area contributed by atoms with Crippen molar-refractivity contribution in [3.05, 3.63) is 0 Å². The first kappa shape index (κ1) is 11.9. The second-order valence-corrected chi connectivity index (χ2v) is 6.32. The largest absolute Gasteiger partial charge is 0.353 e. The topological polar surface area (TPSA) is 75.3 Å². The molecule has 0 atom stereocenters. The summed E-state index contributed by atoms with van der Waals surface area (Å²) in [5.41, 5.74) is 0. The molecule has 0 saturated heterocycles. The molecular formula is C7H13BrN2O3S. The van der Waals surface area contributed by atoms with Gasteiger partial charge in [0.1, 0.15) is 4.66 Å². The molecule has 0 bridgehead atoms. The molecule has 1 amide bonds. The van der Waals surface area contributed by atoms with Crippen LogP contribution in [0.1, 0.15) is 19.3 Å². The predicted octanol–water partition coefficient (Wildman–Crippen LogP) is -0.0731. The van der Waals surface area contributed by atoms with Gasteiger partial charge in [-0.05, 0) is 12.8 Å². The summed E-state index contributed by atoms with van der Waals surface area (Å²) in [4.78, 5) is 11.1. The zero-order valence-corrected chi connectivity index (χ0v) is 10.0. The van der Waals surface area contributed by atoms with Gasteiger partial charge < -0.3 is 5.32 Å². The highest BCUT2D eigenvalue weighted by Gasteiger charge is 2.22. The van der Waals surface area contributed by atoms with Crippen molar-refractivity contribution in [2.24, 2.45) is 0 Å². The smallest absolute Gasteiger partial charge is 0.221 e. The number of nitrogens with one attached hydrogen (secondary N) is 2. The Labute approximate surface area is 91.8 Å². The van der Waals surface area contributed by atoms with E-state index in [0.29, 0.717) is 6.04 Å². The fraction of sp³-hybridized carbons (Fsp3) is 0.857. The number of hydrogen-bond donors (Lipinski definition) is 2. The Morgan fingerprint density at radius 1 is 1.43 bits per heavy atom. The summed E-state index contributed by atoms with van der Waals surface area (Å²) in [6.45, 7) is 0.159. The van der Waals surface area contributed by atoms with Gasteiger partial charge in [-0.15, -0.1) is 0 Å². The summed E-state index contributed by atoms with van der Waals surface area (Å²) in [6.07, 6.45) is 2.28. The molecule has 0 spiro atoms. The first-order valence-corrected chi connectivity index (χ1v) is 7.13. The normalized spacial score (nSPS) is 16.6. The fourth-order valence-electron chi connectivity index (χ4n) is 0.886. The second kappa shape index (κ2) is 5.09. The zero-order chi connectivity index (χ0) is 10.6. The molecule has 5 nitrogen and oxygen atoms in total. The lowest BCUT2D eigenvalue weighted by molar-refractivity contribution is -0.121. The zero-order valence-electron chi connectivity index (χ0n) is 7.62. The Morgan fingerprint density at radius 3 is 2.57 bits per heavy atom. The van der Waals surface area contributed by atoms with E-state index in [2.05, 4.69) is 26.0 Å². The quantitative estimate of drug-likeness (QED) is 0.671. The van der Waals surface area contributed by atoms with Crippen LogP contribution >= 0.6 is 15.9 Å². The van der Waals surface area contributed by atoms with Crippen LogP contribution in [0.2, 0.25) is 0 Å². The Bertz CT molecular complexity index is 300. The molecule has 1 fully saturated rings. The SMILES string of the molecule is O=C(CCNS(=O)(=O)CBr)NC1CC1. The molecular weight excluding hydrogens is 272 g/mol. The third kappa shape index (κ3) is 4.92. The summed E-state index contributed by atoms with van der Waals surface area (Å²) >= 11 is 2.84. The average molecular weight is 285 g/mol. The Morgan fingerprint density at radius 2 is 2.07 bits per heavy atom. The van der Waals surface area contributed by atoms with Crippen LogP contribution in [0.25, 0.3) is 0 Å². The van der Waals surface area contributed by atoms with E-state index >= 15 is 0 Å². The van der Waals surface area contributed by atoms with Crippen molar-refractivity contribution in [3.8, 4) is 0 Å². The molecule has 0 heterocycles. The van der Waals surface area contributed by atoms with E-state index in [1.54, 1.807) is 0 Å². The minimum atomic E-state index is -3.24. The third-order valence-corrected chi connectivity index (χ3v) is 4.50. The van der Waals surface area contributed by atoms with Gasteiger partial charge in [0.15, 0.2) is 0 Å². The van der Waals surface area contributed by atoms with Crippen LogP contribution in [0.5, 0.6) is 0 Å². The van der Waals surface area contributed by atoms with Gasteiger partial charge in [0.25, 0.3) is 0 Å². The van der Waals surface area contributed by atoms with Gasteiger partial charge in [0.2, 0.25) is 15.9 Å². The number of carbonyl (C=O) groups excluding carboxylic acids is 1. The number of halogens is 1. The molecule has 0 aromatic carbocycles. The van der Waals surface area contributed by atoms with Gasteiger partial charge in [-0.25, -0.2) is 13.1 Å². The molecule has 1 saturated carbocycles. The van der Waals surface area contributed by atoms with Crippen molar-refractivity contribution >= 4 is 31.9 Å². The summed E-state index contributed by atoms with van der Waals surface area (Å²) in [6, 6.07) is 0.329. The van der Waals surface area contributed by atoms with Crippen LogP contribution in [0.3, 0.4) is 0 Å². The van der Waals surface area contributed by atoms with Crippen molar-refractivity contribution in [2.45, 2.75) is 25.3 Å². The van der Waals surface area contributed by atoms with E-state index in [9.17, 15) is 13.2 Å². The number of carbonyl (C=O) groups is 1. The van der Waals surface area contributed by atoms with Crippen LogP contribution in [0, 0.1) is 0 Å². The predicted molar refractivity (Wildman–Crippen MR) is 56.5 cm³/mol. The lowest BCUT2D eigenvalue weighted by Gasteiger charge is -2.04. The molecule has 0 aromatic heterocycles. The summed E-state index contributed by atoms with van der Waals surface area (Å²) in [5.74, 6) is -0.0928. The highest BCUT2D eigenvalue weighted by molar-refractivity contribution is 9.10. The molecule has 14 heavy (non-hydrogen) atoms. The highest BCUT2D eigenvalue weighted by atomic mass is 79.9. The van der Waals surface area contributed by atoms with Gasteiger partial charge in [-0.1, -0.05) is 15.9 Å². The van der Waals surface area contributed by atoms with Crippen LogP contribution in [-0.2, 0) is 14.8 Å². The number of rotatable bonds is 6. The molecule has 0 unspecified atom stereocenters. The Kier molecular flexibility index (Phi) is 4.33. The van der Waals surface area contributed by atoms with E-state index in [-0.39, 0.29) is 23.5 Å². The van der Waals surface area contributed by atoms with E-state index in [1.807, 2.05) is 0 Å². The van der Waals surface area contributed by atoms with Gasteiger partial charge >= 0.3 is 0 Å². The third-order valence-electron chi connectivity index (χ3n) is 1.76. The maximum atomic E-state index is 11.1. The molecule has 0 radical (unpaired) electrons. The minimum absolute atomic E-state index is 0.0928. The van der Waals surface area contributed by atoms with Gasteiger partial charge in [0, 0.05) is 19.0 Å². The van der Waals surface area contributed by atoms with Crippen molar-refractivity contribution in [3.63, 3.8) is 0 Å². The molecule has 2 N–H and O–H groups in total. The molecule has 0 aromatic rings. The van der Waals surface area contributed by atoms with Crippen LogP contribution in [0.4, 0.5) is 0 Å². The van der Waals surface area contributed by atoms with Crippen molar-refractivity contribution in [1.29, 1.82) is 0 Å². The Hall–Kier alpha value is -0.140. The van der Waals surface area contributed by atoms with E-state index in [1.165, 1.54) is 0 Å². The van der Waals surface area contributed by atoms with Crippen molar-refractivity contribution in [1.82, 2.24) is 10.0 Å². The summed E-state index contributed by atoms with van der Waals surface area (Å²) < 4.78 is 24.0. The average Bonchev–Trinajstić information content (AvgIpc) is 2.88. The van der Waals surface area contributed by atoms with E-state index in [0.717, 1.165) is 12.8 Å². The summed E-state index contributed by atoms with van der Waals surface area (Å²) in [5, 5.41) is 2.77. The standard InChI is InChI=1S/C7H13BrN2O3S/c8-5-14(12,13)9-4-3-7(11)10-6-1-2-6/h6,9H,1-5H2,(H,10,11). The fourth-order valence-corrected chi connectivity index (χ4v) is 1.86. The van der Waals surface area contributed by atoms with Gasteiger partial charge in [-0.2, -0.15) is 0 Å². The number of hydrogen-bond acceptors (Lipinski definition) is 3. The molecule has 1 aliphatic rings. The molecule has 1 rings (SSSR count). The van der Waals surface area contributed by atoms with Crippen LogP contribution in [0.15, 0.2) is 0 Å². The number of sulfonamides is 1. The van der Waals surface area contributed by atoms with Gasteiger partial charge in [0.05, 0.1) is 0 Å². The highest BCUT2D eigenvalue weighted by Crippen LogP contribution is 2.18. The molecule has 0 aliphatic heterocycles. The lowest BCUT2D eigenvalue weighted by Crippen LogP contribution is -2.31. The molecule has 82 valence electrons. The maximum absolute atomic E-state index is 11.1. The molecule has 7 heteroatoms. The first-order valence-electron chi connectivity index (χ1n) is 4.36. The maximum Gasteiger partial charge on any atom is 0.221 e. The number of amides is 1. The van der Waals surface area contributed by atoms with Crippen molar-refractivity contribution < 1.29 is 13.2 Å². The summed E-state index contributed by atoms with van der Waals surface area (Å²) in [7, 11) is -3.24. The van der Waals surface area contributed by atoms with E-state index < -0.39 is 10.0 Å². The first-order chi connectivity index (χ1) is 6.53. The van der Waals surface area contributed by atoms with Gasteiger partial charge in [-0.3, -0.25) is 4.79 Å². The van der Waals surface area contributed by atoms with Crippen LogP contribution in [-0.4, -0.2) is 31.6 Å².